The van der Waals surface area contributed by atoms with Gasteiger partial charge in [0.1, 0.15) is 6.04 Å². The van der Waals surface area contributed by atoms with Crippen molar-refractivity contribution in [2.24, 2.45) is 23.2 Å². The number of benzene rings is 1. The molecule has 1 aromatic carbocycles. The van der Waals surface area contributed by atoms with Crippen LogP contribution in [-0.2, 0) is 16.0 Å². The van der Waals surface area contributed by atoms with Gasteiger partial charge >= 0.3 is 0 Å². The molecule has 2 amide bonds. The monoisotopic (exact) mass is 406 g/mol. The van der Waals surface area contributed by atoms with Crippen molar-refractivity contribution in [2.75, 3.05) is 6.54 Å². The highest BCUT2D eigenvalue weighted by molar-refractivity contribution is 5.91. The van der Waals surface area contributed by atoms with Crippen LogP contribution in [0.25, 0.3) is 0 Å². The standard InChI is InChI=1S/C26H34N2O2/c29-24(27-22-8-3-6-20-5-1-2-7-21(20)22)23-9-4-10-28(23)25(30)26-14-17-11-18(15-26)13-19(12-17)16-26/h1-2,5,7,17-19,22-23H,3-4,6,8-16H2,(H,27,29). The van der Waals surface area contributed by atoms with Crippen LogP contribution in [0.1, 0.15) is 81.4 Å². The molecule has 1 N–H and O–H groups in total. The third-order valence-electron chi connectivity index (χ3n) is 8.99. The van der Waals surface area contributed by atoms with Gasteiger partial charge in [0.2, 0.25) is 11.8 Å². The van der Waals surface area contributed by atoms with E-state index in [4.69, 9.17) is 0 Å². The predicted molar refractivity (Wildman–Crippen MR) is 116 cm³/mol. The molecule has 0 spiro atoms. The second kappa shape index (κ2) is 7.10. The van der Waals surface area contributed by atoms with Gasteiger partial charge in [0.05, 0.1) is 11.5 Å². The number of hydrogen-bond donors (Lipinski definition) is 1. The highest BCUT2D eigenvalue weighted by Crippen LogP contribution is 2.60. The van der Waals surface area contributed by atoms with Crippen LogP contribution in [-0.4, -0.2) is 29.3 Å². The molecule has 0 radical (unpaired) electrons. The molecular weight excluding hydrogens is 372 g/mol. The van der Waals surface area contributed by atoms with Crippen LogP contribution in [0.15, 0.2) is 24.3 Å². The zero-order valence-electron chi connectivity index (χ0n) is 17.9. The Morgan fingerprint density at radius 2 is 1.63 bits per heavy atom. The van der Waals surface area contributed by atoms with E-state index in [2.05, 4.69) is 29.6 Å². The van der Waals surface area contributed by atoms with Gasteiger partial charge in [-0.2, -0.15) is 0 Å². The number of hydrogen-bond acceptors (Lipinski definition) is 2. The lowest BCUT2D eigenvalue weighted by Gasteiger charge is -2.56. The highest BCUT2D eigenvalue weighted by Gasteiger charge is 2.56. The summed E-state index contributed by atoms with van der Waals surface area (Å²) in [4.78, 5) is 29.2. The number of amides is 2. The van der Waals surface area contributed by atoms with E-state index in [-0.39, 0.29) is 23.4 Å². The number of fused-ring (bicyclic) bond motifs is 1. The molecular formula is C26H34N2O2. The maximum absolute atomic E-state index is 13.9. The third kappa shape index (κ3) is 3.01. The second-order valence-electron chi connectivity index (χ2n) is 11.0. The van der Waals surface area contributed by atoms with Crippen molar-refractivity contribution in [3.63, 3.8) is 0 Å². The van der Waals surface area contributed by atoms with Gasteiger partial charge in [-0.3, -0.25) is 9.59 Å². The third-order valence-corrected chi connectivity index (χ3v) is 8.99. The van der Waals surface area contributed by atoms with Crippen LogP contribution >= 0.6 is 0 Å². The summed E-state index contributed by atoms with van der Waals surface area (Å²) in [7, 11) is 0. The van der Waals surface area contributed by atoms with Crippen LogP contribution in [0.5, 0.6) is 0 Å². The van der Waals surface area contributed by atoms with E-state index < -0.39 is 0 Å². The minimum atomic E-state index is -0.264. The van der Waals surface area contributed by atoms with Gasteiger partial charge in [-0.15, -0.1) is 0 Å². The van der Waals surface area contributed by atoms with Gasteiger partial charge in [0, 0.05) is 6.54 Å². The maximum Gasteiger partial charge on any atom is 0.243 e. The lowest BCUT2D eigenvalue weighted by molar-refractivity contribution is -0.160. The van der Waals surface area contributed by atoms with E-state index in [1.54, 1.807) is 0 Å². The van der Waals surface area contributed by atoms with Crippen LogP contribution in [0, 0.1) is 23.2 Å². The molecule has 7 rings (SSSR count). The Balaban J connectivity index is 1.19. The van der Waals surface area contributed by atoms with E-state index in [1.165, 1.54) is 30.4 Å². The lowest BCUT2D eigenvalue weighted by Crippen LogP contribution is -2.57. The van der Waals surface area contributed by atoms with Crippen molar-refractivity contribution in [3.8, 4) is 0 Å². The first-order valence-corrected chi connectivity index (χ1v) is 12.3. The van der Waals surface area contributed by atoms with Crippen LogP contribution < -0.4 is 5.32 Å². The minimum absolute atomic E-state index is 0.0762. The SMILES string of the molecule is O=C(NC1CCCc2ccccc21)C1CCCN1C(=O)C12CC3CC(CC(C3)C1)C2. The van der Waals surface area contributed by atoms with Gasteiger partial charge in [-0.05, 0) is 99.5 Å². The average molecular weight is 407 g/mol. The molecule has 2 unspecified atom stereocenters. The zero-order chi connectivity index (χ0) is 20.3. The number of nitrogens with one attached hydrogen (secondary N) is 1. The quantitative estimate of drug-likeness (QED) is 0.809. The summed E-state index contributed by atoms with van der Waals surface area (Å²) in [5.74, 6) is 2.67. The normalized spacial score (nSPS) is 39.1. The molecule has 4 saturated carbocycles. The molecule has 6 aliphatic rings. The Kier molecular flexibility index (Phi) is 4.47. The molecule has 30 heavy (non-hydrogen) atoms. The smallest absolute Gasteiger partial charge is 0.243 e. The molecule has 1 aliphatic heterocycles. The van der Waals surface area contributed by atoms with E-state index in [0.29, 0.717) is 5.91 Å². The number of carbonyl (C=O) groups excluding carboxylic acids is 2. The number of nitrogens with zero attached hydrogens (tertiary/aromatic N) is 1. The first-order valence-electron chi connectivity index (χ1n) is 12.3. The highest BCUT2D eigenvalue weighted by atomic mass is 16.2. The van der Waals surface area contributed by atoms with Crippen molar-refractivity contribution < 1.29 is 9.59 Å². The van der Waals surface area contributed by atoms with Crippen LogP contribution in [0.3, 0.4) is 0 Å². The fourth-order valence-corrected chi connectivity index (χ4v) is 8.13. The fraction of sp³-hybridized carbons (Fsp3) is 0.692. The largest absolute Gasteiger partial charge is 0.347 e. The number of carbonyl (C=O) groups is 2. The molecule has 1 heterocycles. The summed E-state index contributed by atoms with van der Waals surface area (Å²) < 4.78 is 0. The van der Waals surface area contributed by atoms with Crippen molar-refractivity contribution in [1.82, 2.24) is 10.2 Å². The summed E-state index contributed by atoms with van der Waals surface area (Å²) in [5, 5.41) is 3.34. The Labute approximate surface area is 179 Å². The maximum atomic E-state index is 13.9. The molecule has 0 aromatic heterocycles. The second-order valence-corrected chi connectivity index (χ2v) is 11.0. The summed E-state index contributed by atoms with van der Waals surface area (Å²) >= 11 is 0. The average Bonchev–Trinajstić information content (AvgIpc) is 3.22. The summed E-state index contributed by atoms with van der Waals surface area (Å²) in [6, 6.07) is 8.34. The predicted octanol–water partition coefficient (Wildman–Crippen LogP) is 4.39. The summed E-state index contributed by atoms with van der Waals surface area (Å²) in [6.07, 6.45) is 12.3. The van der Waals surface area contributed by atoms with Crippen molar-refractivity contribution in [2.45, 2.75) is 82.7 Å². The van der Waals surface area contributed by atoms with Crippen molar-refractivity contribution >= 4 is 11.8 Å². The van der Waals surface area contributed by atoms with Gasteiger partial charge in [0.15, 0.2) is 0 Å². The molecule has 4 nitrogen and oxygen atoms in total. The minimum Gasteiger partial charge on any atom is -0.347 e. The van der Waals surface area contributed by atoms with Gasteiger partial charge < -0.3 is 10.2 Å². The zero-order valence-corrected chi connectivity index (χ0v) is 17.9. The molecule has 4 bridgehead atoms. The Bertz CT molecular complexity index is 827. The lowest BCUT2D eigenvalue weighted by atomic mass is 9.49. The van der Waals surface area contributed by atoms with Crippen LogP contribution in [0.2, 0.25) is 0 Å². The Morgan fingerprint density at radius 3 is 2.37 bits per heavy atom. The van der Waals surface area contributed by atoms with E-state index in [0.717, 1.165) is 75.7 Å². The topological polar surface area (TPSA) is 49.4 Å². The van der Waals surface area contributed by atoms with Crippen LogP contribution in [0.4, 0.5) is 0 Å². The number of rotatable bonds is 3. The summed E-state index contributed by atoms with van der Waals surface area (Å²) in [6.45, 7) is 0.764. The van der Waals surface area contributed by atoms with E-state index in [9.17, 15) is 9.59 Å². The molecule has 5 fully saturated rings. The Hall–Kier alpha value is -1.84. The first kappa shape index (κ1) is 18.9. The molecule has 160 valence electrons. The Morgan fingerprint density at radius 1 is 0.933 bits per heavy atom. The molecule has 5 aliphatic carbocycles. The van der Waals surface area contributed by atoms with Crippen molar-refractivity contribution in [1.29, 1.82) is 0 Å². The molecule has 4 heteroatoms. The van der Waals surface area contributed by atoms with Gasteiger partial charge in [-0.1, -0.05) is 24.3 Å². The molecule has 2 atom stereocenters. The molecule has 1 aromatic rings. The van der Waals surface area contributed by atoms with E-state index >= 15 is 0 Å². The molecule has 1 saturated heterocycles. The first-order chi connectivity index (χ1) is 14.6. The fourth-order valence-electron chi connectivity index (χ4n) is 8.13. The van der Waals surface area contributed by atoms with Gasteiger partial charge in [0.25, 0.3) is 0 Å². The van der Waals surface area contributed by atoms with Gasteiger partial charge in [-0.25, -0.2) is 0 Å². The van der Waals surface area contributed by atoms with Crippen molar-refractivity contribution in [3.05, 3.63) is 35.4 Å². The number of likely N-dealkylation sites (tertiary alicyclic amines) is 1. The number of aryl methyl sites for hydroxylation is 1. The summed E-state index contributed by atoms with van der Waals surface area (Å²) in [5.41, 5.74) is 2.49. The van der Waals surface area contributed by atoms with E-state index in [1.807, 2.05) is 4.90 Å².